The SMILES string of the molecule is O=C1Nc2cc(-c3ccc(NC(=O)c4cccc(Br)c4)cc3)ccc2/C1=C/c1ccc[nH]1. The largest absolute Gasteiger partial charge is 0.362 e. The van der Waals surface area contributed by atoms with Gasteiger partial charge in [0.15, 0.2) is 0 Å². The molecule has 2 heterocycles. The Balaban J connectivity index is 1.36. The summed E-state index contributed by atoms with van der Waals surface area (Å²) in [6.07, 6.45) is 3.68. The molecule has 6 heteroatoms. The van der Waals surface area contributed by atoms with Gasteiger partial charge in [0.1, 0.15) is 0 Å². The molecule has 0 bridgehead atoms. The molecule has 5 rings (SSSR count). The first kappa shape index (κ1) is 20.0. The summed E-state index contributed by atoms with van der Waals surface area (Å²) in [4.78, 5) is 28.0. The second-order valence-electron chi connectivity index (χ2n) is 7.44. The van der Waals surface area contributed by atoms with Crippen LogP contribution in [0.25, 0.3) is 22.8 Å². The second kappa shape index (κ2) is 8.32. The fraction of sp³-hybridized carbons (Fsp3) is 0. The lowest BCUT2D eigenvalue weighted by Gasteiger charge is -2.08. The number of amides is 2. The van der Waals surface area contributed by atoms with Crippen molar-refractivity contribution in [1.29, 1.82) is 0 Å². The van der Waals surface area contributed by atoms with Crippen molar-refractivity contribution in [2.24, 2.45) is 0 Å². The number of H-pyrrole nitrogens is 1. The number of hydrogen-bond donors (Lipinski definition) is 3. The number of rotatable bonds is 4. The summed E-state index contributed by atoms with van der Waals surface area (Å²) >= 11 is 3.38. The topological polar surface area (TPSA) is 74.0 Å². The molecule has 3 N–H and O–H groups in total. The molecule has 0 radical (unpaired) electrons. The average Bonchev–Trinajstić information content (AvgIpc) is 3.42. The van der Waals surface area contributed by atoms with Crippen LogP contribution in [0.3, 0.4) is 0 Å². The number of aromatic amines is 1. The van der Waals surface area contributed by atoms with Gasteiger partial charge in [-0.3, -0.25) is 9.59 Å². The third-order valence-electron chi connectivity index (χ3n) is 5.29. The molecule has 1 aromatic heterocycles. The zero-order valence-electron chi connectivity index (χ0n) is 16.9. The second-order valence-corrected chi connectivity index (χ2v) is 8.36. The van der Waals surface area contributed by atoms with Gasteiger partial charge < -0.3 is 15.6 Å². The Hall–Kier alpha value is -3.90. The smallest absolute Gasteiger partial charge is 0.256 e. The van der Waals surface area contributed by atoms with Gasteiger partial charge in [0, 0.05) is 38.9 Å². The molecular weight excluding hydrogens is 466 g/mol. The summed E-state index contributed by atoms with van der Waals surface area (Å²) < 4.78 is 0.857. The maximum atomic E-state index is 12.5. The van der Waals surface area contributed by atoms with Crippen LogP contribution >= 0.6 is 15.9 Å². The van der Waals surface area contributed by atoms with E-state index in [-0.39, 0.29) is 11.8 Å². The number of hydrogen-bond acceptors (Lipinski definition) is 2. The molecule has 0 spiro atoms. The summed E-state index contributed by atoms with van der Waals surface area (Å²) in [5.74, 6) is -0.280. The normalized spacial score (nSPS) is 13.7. The fourth-order valence-electron chi connectivity index (χ4n) is 3.69. The monoisotopic (exact) mass is 483 g/mol. The standard InChI is InChI=1S/C26H18BrN3O2/c27-19-4-1-3-18(13-19)25(31)29-20-9-6-16(7-10-20)17-8-11-22-23(15-21-5-2-12-28-21)26(32)30-24(22)14-17/h1-15,28H,(H,29,31)(H,30,32)/b23-15-. The Morgan fingerprint density at radius 3 is 2.47 bits per heavy atom. The van der Waals surface area contributed by atoms with Gasteiger partial charge in [-0.15, -0.1) is 0 Å². The van der Waals surface area contributed by atoms with E-state index in [0.717, 1.165) is 32.5 Å². The minimum Gasteiger partial charge on any atom is -0.362 e. The van der Waals surface area contributed by atoms with E-state index in [2.05, 4.69) is 31.5 Å². The Bertz CT molecular complexity index is 1360. The van der Waals surface area contributed by atoms with Gasteiger partial charge in [-0.05, 0) is 65.7 Å². The van der Waals surface area contributed by atoms with Gasteiger partial charge in [0.2, 0.25) is 0 Å². The van der Waals surface area contributed by atoms with E-state index >= 15 is 0 Å². The lowest BCUT2D eigenvalue weighted by Crippen LogP contribution is -2.11. The van der Waals surface area contributed by atoms with Crippen molar-refractivity contribution in [3.63, 3.8) is 0 Å². The highest BCUT2D eigenvalue weighted by atomic mass is 79.9. The van der Waals surface area contributed by atoms with Crippen LogP contribution in [0.4, 0.5) is 11.4 Å². The maximum Gasteiger partial charge on any atom is 0.256 e. The highest BCUT2D eigenvalue weighted by Gasteiger charge is 2.24. The highest BCUT2D eigenvalue weighted by molar-refractivity contribution is 9.10. The molecule has 1 aliphatic rings. The first-order chi connectivity index (χ1) is 15.6. The van der Waals surface area contributed by atoms with Crippen molar-refractivity contribution in [2.45, 2.75) is 0 Å². The molecule has 5 nitrogen and oxygen atoms in total. The van der Waals surface area contributed by atoms with E-state index in [1.807, 2.05) is 79.0 Å². The van der Waals surface area contributed by atoms with Gasteiger partial charge in [0.25, 0.3) is 11.8 Å². The summed E-state index contributed by atoms with van der Waals surface area (Å²) in [5.41, 5.74) is 6.46. The Kier molecular flexibility index (Phi) is 5.21. The first-order valence-corrected chi connectivity index (χ1v) is 10.8. The van der Waals surface area contributed by atoms with Crippen LogP contribution in [0.2, 0.25) is 0 Å². The molecule has 0 saturated carbocycles. The van der Waals surface area contributed by atoms with Gasteiger partial charge in [-0.2, -0.15) is 0 Å². The zero-order valence-corrected chi connectivity index (χ0v) is 18.4. The number of carbonyl (C=O) groups is 2. The molecule has 4 aromatic rings. The predicted molar refractivity (Wildman–Crippen MR) is 131 cm³/mol. The van der Waals surface area contributed by atoms with Crippen molar-refractivity contribution in [3.8, 4) is 11.1 Å². The molecule has 3 aromatic carbocycles. The number of halogens is 1. The summed E-state index contributed by atoms with van der Waals surface area (Å²) in [6.45, 7) is 0. The third-order valence-corrected chi connectivity index (χ3v) is 5.78. The van der Waals surface area contributed by atoms with Crippen molar-refractivity contribution in [2.75, 3.05) is 10.6 Å². The third kappa shape index (κ3) is 4.00. The number of benzene rings is 3. The molecule has 156 valence electrons. The van der Waals surface area contributed by atoms with Gasteiger partial charge in [-0.1, -0.05) is 46.3 Å². The highest BCUT2D eigenvalue weighted by Crippen LogP contribution is 2.36. The molecular formula is C26H18BrN3O2. The zero-order chi connectivity index (χ0) is 22.1. The number of fused-ring (bicyclic) bond motifs is 1. The van der Waals surface area contributed by atoms with Gasteiger partial charge in [-0.25, -0.2) is 0 Å². The lowest BCUT2D eigenvalue weighted by molar-refractivity contribution is -0.110. The summed E-state index contributed by atoms with van der Waals surface area (Å²) in [6, 6.07) is 24.6. The van der Waals surface area contributed by atoms with Crippen LogP contribution in [0.15, 0.2) is 89.5 Å². The van der Waals surface area contributed by atoms with Crippen molar-refractivity contribution in [3.05, 3.63) is 106 Å². The van der Waals surface area contributed by atoms with E-state index in [1.54, 1.807) is 12.1 Å². The molecule has 0 atom stereocenters. The van der Waals surface area contributed by atoms with E-state index in [1.165, 1.54) is 0 Å². The van der Waals surface area contributed by atoms with Crippen LogP contribution in [-0.4, -0.2) is 16.8 Å². The lowest BCUT2D eigenvalue weighted by atomic mass is 10.00. The van der Waals surface area contributed by atoms with Crippen LogP contribution in [0.5, 0.6) is 0 Å². The molecule has 2 amide bonds. The molecule has 0 unspecified atom stereocenters. The van der Waals surface area contributed by atoms with Crippen LogP contribution in [-0.2, 0) is 4.79 Å². The molecule has 32 heavy (non-hydrogen) atoms. The summed E-state index contributed by atoms with van der Waals surface area (Å²) in [5, 5.41) is 5.86. The molecule has 0 fully saturated rings. The Morgan fingerprint density at radius 2 is 1.72 bits per heavy atom. The quantitative estimate of drug-likeness (QED) is 0.302. The number of nitrogens with one attached hydrogen (secondary N) is 3. The van der Waals surface area contributed by atoms with Crippen molar-refractivity contribution >= 4 is 50.8 Å². The predicted octanol–water partition coefficient (Wildman–Crippen LogP) is 6.19. The maximum absolute atomic E-state index is 12.5. The van der Waals surface area contributed by atoms with Crippen LogP contribution < -0.4 is 10.6 Å². The van der Waals surface area contributed by atoms with Crippen molar-refractivity contribution < 1.29 is 9.59 Å². The van der Waals surface area contributed by atoms with E-state index in [9.17, 15) is 9.59 Å². The van der Waals surface area contributed by atoms with Crippen LogP contribution in [0, 0.1) is 0 Å². The van der Waals surface area contributed by atoms with Crippen LogP contribution in [0.1, 0.15) is 21.6 Å². The minimum absolute atomic E-state index is 0.114. The van der Waals surface area contributed by atoms with E-state index in [0.29, 0.717) is 16.8 Å². The minimum atomic E-state index is -0.166. The fourth-order valence-corrected chi connectivity index (χ4v) is 4.09. The molecule has 1 aliphatic heterocycles. The number of carbonyl (C=O) groups excluding carboxylic acids is 2. The van der Waals surface area contributed by atoms with Gasteiger partial charge in [0.05, 0.1) is 5.57 Å². The van der Waals surface area contributed by atoms with E-state index < -0.39 is 0 Å². The average molecular weight is 484 g/mol. The van der Waals surface area contributed by atoms with Crippen molar-refractivity contribution in [1.82, 2.24) is 4.98 Å². The first-order valence-electron chi connectivity index (χ1n) is 10.0. The number of aromatic nitrogens is 1. The van der Waals surface area contributed by atoms with E-state index in [4.69, 9.17) is 0 Å². The summed E-state index contributed by atoms with van der Waals surface area (Å²) in [7, 11) is 0. The Morgan fingerprint density at radius 1 is 0.906 bits per heavy atom. The number of anilines is 2. The molecule has 0 saturated heterocycles. The van der Waals surface area contributed by atoms with Gasteiger partial charge >= 0.3 is 0 Å². The molecule has 0 aliphatic carbocycles. The Labute approximate surface area is 193 Å².